The van der Waals surface area contributed by atoms with Gasteiger partial charge in [0.2, 0.25) is 0 Å². The van der Waals surface area contributed by atoms with Crippen LogP contribution in [-0.4, -0.2) is 18.7 Å². The molecule has 0 amide bonds. The predicted molar refractivity (Wildman–Crippen MR) is 195 cm³/mol. The summed E-state index contributed by atoms with van der Waals surface area (Å²) in [5.74, 6) is 0.932. The number of fused-ring (bicyclic) bond motifs is 8. The third-order valence-electron chi connectivity index (χ3n) is 9.45. The van der Waals surface area contributed by atoms with Crippen LogP contribution in [0.1, 0.15) is 0 Å². The smallest absolute Gasteiger partial charge is 0.145 e. The number of nitrogens with zero attached hydrogens (tertiary/aromatic N) is 4. The lowest BCUT2D eigenvalue weighted by Crippen LogP contribution is -1.98. The number of rotatable bonds is 4. The van der Waals surface area contributed by atoms with Crippen LogP contribution in [0, 0.1) is 0 Å². The zero-order valence-corrected chi connectivity index (χ0v) is 25.5. The molecule has 0 bridgehead atoms. The van der Waals surface area contributed by atoms with Crippen molar-refractivity contribution in [1.82, 2.24) is 18.7 Å². The van der Waals surface area contributed by atoms with E-state index in [9.17, 15) is 0 Å². The fraction of sp³-hybridized carbons (Fsp3) is 0. The molecule has 3 heterocycles. The first-order valence-electron chi connectivity index (χ1n) is 16.0. The van der Waals surface area contributed by atoms with Crippen molar-refractivity contribution in [1.29, 1.82) is 0 Å². The molecule has 0 unspecified atom stereocenters. The van der Waals surface area contributed by atoms with Crippen molar-refractivity contribution >= 4 is 54.6 Å². The van der Waals surface area contributed by atoms with Crippen LogP contribution in [-0.2, 0) is 0 Å². The van der Waals surface area contributed by atoms with Crippen LogP contribution >= 0.6 is 0 Å². The average molecular weight is 601 g/mol. The van der Waals surface area contributed by atoms with Crippen molar-refractivity contribution < 1.29 is 0 Å². The molecule has 10 rings (SSSR count). The maximum atomic E-state index is 5.10. The quantitative estimate of drug-likeness (QED) is 0.197. The van der Waals surface area contributed by atoms with Gasteiger partial charge in [-0.2, -0.15) is 0 Å². The van der Waals surface area contributed by atoms with Crippen molar-refractivity contribution in [3.8, 4) is 28.5 Å². The van der Waals surface area contributed by atoms with E-state index < -0.39 is 0 Å². The van der Waals surface area contributed by atoms with E-state index in [-0.39, 0.29) is 0 Å². The summed E-state index contributed by atoms with van der Waals surface area (Å²) in [7, 11) is 0. The third-order valence-corrected chi connectivity index (χ3v) is 9.45. The molecule has 4 nitrogen and oxygen atoms in total. The molecule has 0 N–H and O–H groups in total. The zero-order chi connectivity index (χ0) is 30.9. The summed E-state index contributed by atoms with van der Waals surface area (Å²) < 4.78 is 7.05. The summed E-state index contributed by atoms with van der Waals surface area (Å²) in [6, 6.07) is 60.5. The van der Waals surface area contributed by atoms with Gasteiger partial charge >= 0.3 is 0 Å². The lowest BCUT2D eigenvalue weighted by molar-refractivity contribution is 1.10. The van der Waals surface area contributed by atoms with E-state index in [4.69, 9.17) is 4.98 Å². The van der Waals surface area contributed by atoms with Gasteiger partial charge < -0.3 is 9.13 Å². The number of hydrogen-bond donors (Lipinski definition) is 0. The molecule has 3 aromatic heterocycles. The second kappa shape index (κ2) is 10.1. The molecule has 0 saturated carbocycles. The fourth-order valence-electron chi connectivity index (χ4n) is 7.47. The van der Waals surface area contributed by atoms with Gasteiger partial charge in [0.15, 0.2) is 0 Å². The van der Waals surface area contributed by atoms with Crippen LogP contribution in [0.3, 0.4) is 0 Å². The van der Waals surface area contributed by atoms with Gasteiger partial charge in [0.05, 0.1) is 33.1 Å². The molecule has 0 radical (unpaired) electrons. The van der Waals surface area contributed by atoms with Gasteiger partial charge in [0.25, 0.3) is 0 Å². The first-order valence-corrected chi connectivity index (χ1v) is 16.0. The Kier molecular flexibility index (Phi) is 5.54. The van der Waals surface area contributed by atoms with Crippen LogP contribution in [0.5, 0.6) is 0 Å². The Morgan fingerprint density at radius 2 is 0.766 bits per heavy atom. The van der Waals surface area contributed by atoms with Gasteiger partial charge in [-0.3, -0.25) is 4.57 Å². The molecular weight excluding hydrogens is 573 g/mol. The van der Waals surface area contributed by atoms with Crippen molar-refractivity contribution in [2.24, 2.45) is 0 Å². The first-order chi connectivity index (χ1) is 23.3. The second-order valence-corrected chi connectivity index (χ2v) is 12.0. The van der Waals surface area contributed by atoms with Gasteiger partial charge in [-0.05, 0) is 84.9 Å². The molecule has 0 aliphatic heterocycles. The van der Waals surface area contributed by atoms with E-state index in [0.717, 1.165) is 33.8 Å². The summed E-state index contributed by atoms with van der Waals surface area (Å²) in [4.78, 5) is 5.10. The average Bonchev–Trinajstić information content (AvgIpc) is 3.80. The Bertz CT molecular complexity index is 2760. The molecule has 0 aliphatic rings. The Morgan fingerprint density at radius 3 is 1.34 bits per heavy atom. The van der Waals surface area contributed by atoms with Crippen molar-refractivity contribution in [3.05, 3.63) is 170 Å². The maximum Gasteiger partial charge on any atom is 0.145 e. The normalized spacial score (nSPS) is 11.8. The minimum absolute atomic E-state index is 0.932. The highest BCUT2D eigenvalue weighted by Crippen LogP contribution is 2.42. The highest BCUT2D eigenvalue weighted by atomic mass is 15.1. The monoisotopic (exact) mass is 600 g/mol. The molecule has 10 aromatic rings. The Hall–Kier alpha value is -6.39. The van der Waals surface area contributed by atoms with Crippen molar-refractivity contribution in [2.45, 2.75) is 0 Å². The fourth-order valence-corrected chi connectivity index (χ4v) is 7.47. The van der Waals surface area contributed by atoms with Gasteiger partial charge in [-0.1, -0.05) is 84.9 Å². The molecule has 0 spiro atoms. The maximum absolute atomic E-state index is 5.10. The SMILES string of the molecule is c1ccc(-n2c(-c3ccc(-n4c5ccccc5c5c6c7ccccc7n(-c7ccccc7)c6ccc54)cc3)nc3ccccc32)cc1. The largest absolute Gasteiger partial charge is 0.309 e. The molecule has 7 aromatic carbocycles. The van der Waals surface area contributed by atoms with E-state index in [2.05, 4.69) is 177 Å². The van der Waals surface area contributed by atoms with Crippen LogP contribution < -0.4 is 0 Å². The Balaban J connectivity index is 1.21. The van der Waals surface area contributed by atoms with Crippen LogP contribution in [0.4, 0.5) is 0 Å². The Morgan fingerprint density at radius 1 is 0.319 bits per heavy atom. The van der Waals surface area contributed by atoms with E-state index in [1.807, 2.05) is 6.07 Å². The number of hydrogen-bond acceptors (Lipinski definition) is 1. The van der Waals surface area contributed by atoms with Crippen molar-refractivity contribution in [2.75, 3.05) is 0 Å². The predicted octanol–water partition coefficient (Wildman–Crippen LogP) is 10.9. The summed E-state index contributed by atoms with van der Waals surface area (Å²) in [6.45, 7) is 0. The standard InChI is InChI=1S/C43H28N4/c1-3-13-30(14-4-1)45-36-20-10-7-17-33(36)41-39(45)27-28-40-42(41)34-18-8-11-21-37(34)46(40)32-25-23-29(24-26-32)43-44-35-19-9-12-22-38(35)47(43)31-15-5-2-6-16-31/h1-28H. The summed E-state index contributed by atoms with van der Waals surface area (Å²) in [5, 5.41) is 5.07. The molecule has 47 heavy (non-hydrogen) atoms. The summed E-state index contributed by atoms with van der Waals surface area (Å²) in [6.07, 6.45) is 0. The topological polar surface area (TPSA) is 27.7 Å². The number of aromatic nitrogens is 4. The molecule has 0 atom stereocenters. The van der Waals surface area contributed by atoms with Gasteiger partial charge in [0, 0.05) is 44.2 Å². The second-order valence-electron chi connectivity index (χ2n) is 12.0. The number of imidazole rings is 1. The first kappa shape index (κ1) is 25.9. The van der Waals surface area contributed by atoms with Crippen LogP contribution in [0.15, 0.2) is 170 Å². The zero-order valence-electron chi connectivity index (χ0n) is 25.5. The van der Waals surface area contributed by atoms with Gasteiger partial charge in [0.1, 0.15) is 5.82 Å². The molecule has 0 saturated heterocycles. The summed E-state index contributed by atoms with van der Waals surface area (Å²) >= 11 is 0. The summed E-state index contributed by atoms with van der Waals surface area (Å²) in [5.41, 5.74) is 11.3. The van der Waals surface area contributed by atoms with Crippen LogP contribution in [0.25, 0.3) is 83.1 Å². The number of benzene rings is 7. The van der Waals surface area contributed by atoms with Gasteiger partial charge in [-0.15, -0.1) is 0 Å². The molecule has 0 aliphatic carbocycles. The minimum atomic E-state index is 0.932. The van der Waals surface area contributed by atoms with Gasteiger partial charge in [-0.25, -0.2) is 4.98 Å². The minimum Gasteiger partial charge on any atom is -0.309 e. The van der Waals surface area contributed by atoms with E-state index in [0.29, 0.717) is 0 Å². The molecule has 220 valence electrons. The molecule has 4 heteroatoms. The molecule has 0 fully saturated rings. The van der Waals surface area contributed by atoms with Crippen LogP contribution in [0.2, 0.25) is 0 Å². The number of para-hydroxylation sites is 6. The van der Waals surface area contributed by atoms with E-state index in [1.165, 1.54) is 49.3 Å². The lowest BCUT2D eigenvalue weighted by Gasteiger charge is -2.12. The highest BCUT2D eigenvalue weighted by molar-refractivity contribution is 6.28. The van der Waals surface area contributed by atoms with Crippen molar-refractivity contribution in [3.63, 3.8) is 0 Å². The molecular formula is C43H28N4. The van der Waals surface area contributed by atoms with E-state index >= 15 is 0 Å². The lowest BCUT2D eigenvalue weighted by atomic mass is 10.1. The Labute approximate surface area is 271 Å². The highest BCUT2D eigenvalue weighted by Gasteiger charge is 2.21. The third kappa shape index (κ3) is 3.79. The van der Waals surface area contributed by atoms with E-state index in [1.54, 1.807) is 0 Å².